The molecule has 0 aromatic heterocycles. The van der Waals surface area contributed by atoms with E-state index in [2.05, 4.69) is 5.32 Å². The fraction of sp³-hybridized carbons (Fsp3) is 0.133. The molecule has 0 saturated heterocycles. The fourth-order valence-electron chi connectivity index (χ4n) is 1.84. The van der Waals surface area contributed by atoms with E-state index in [1.807, 2.05) is 0 Å². The van der Waals surface area contributed by atoms with Gasteiger partial charge < -0.3 is 5.32 Å². The highest BCUT2D eigenvalue weighted by molar-refractivity contribution is 7.92. The SMILES string of the molecule is CN(c1ccc(C(=O)Nc2cc(Cl)cc(Cl)c2)cc1)S(C)(=O)=O. The van der Waals surface area contributed by atoms with Gasteiger partial charge in [-0.15, -0.1) is 0 Å². The normalized spacial score (nSPS) is 11.1. The number of halogens is 2. The van der Waals surface area contributed by atoms with Crippen LogP contribution in [0.3, 0.4) is 0 Å². The molecule has 1 N–H and O–H groups in total. The Balaban J connectivity index is 2.17. The Labute approximate surface area is 144 Å². The molecule has 122 valence electrons. The maximum absolute atomic E-state index is 12.2. The molecule has 23 heavy (non-hydrogen) atoms. The van der Waals surface area contributed by atoms with Crippen LogP contribution in [0.2, 0.25) is 10.0 Å². The Morgan fingerprint density at radius 1 is 1.04 bits per heavy atom. The standard InChI is InChI=1S/C15H14Cl2N2O3S/c1-19(23(2,21)22)14-5-3-10(4-6-14)15(20)18-13-8-11(16)7-12(17)9-13/h3-9H,1-2H3,(H,18,20). The van der Waals surface area contributed by atoms with E-state index in [-0.39, 0.29) is 5.91 Å². The maximum atomic E-state index is 12.2. The van der Waals surface area contributed by atoms with Gasteiger partial charge in [0.2, 0.25) is 10.0 Å². The summed E-state index contributed by atoms with van der Waals surface area (Å²) in [5.41, 5.74) is 1.33. The summed E-state index contributed by atoms with van der Waals surface area (Å²) in [4.78, 5) is 12.2. The van der Waals surface area contributed by atoms with Crippen molar-refractivity contribution in [3.05, 3.63) is 58.1 Å². The van der Waals surface area contributed by atoms with Gasteiger partial charge in [-0.3, -0.25) is 9.10 Å². The Bertz CT molecular complexity index is 816. The average Bonchev–Trinajstić information content (AvgIpc) is 2.44. The van der Waals surface area contributed by atoms with Crippen LogP contribution >= 0.6 is 23.2 Å². The molecule has 0 unspecified atom stereocenters. The molecule has 0 bridgehead atoms. The van der Waals surface area contributed by atoms with Gasteiger partial charge in [0.25, 0.3) is 5.91 Å². The second kappa shape index (κ2) is 6.78. The third-order valence-electron chi connectivity index (χ3n) is 3.11. The van der Waals surface area contributed by atoms with E-state index in [9.17, 15) is 13.2 Å². The zero-order valence-corrected chi connectivity index (χ0v) is 14.7. The summed E-state index contributed by atoms with van der Waals surface area (Å²) >= 11 is 11.8. The first-order chi connectivity index (χ1) is 10.7. The van der Waals surface area contributed by atoms with Gasteiger partial charge in [-0.2, -0.15) is 0 Å². The highest BCUT2D eigenvalue weighted by Gasteiger charge is 2.13. The summed E-state index contributed by atoms with van der Waals surface area (Å²) in [6, 6.07) is 10.9. The number of anilines is 2. The van der Waals surface area contributed by atoms with Crippen molar-refractivity contribution < 1.29 is 13.2 Å². The van der Waals surface area contributed by atoms with Crippen LogP contribution in [0, 0.1) is 0 Å². The number of carbonyl (C=O) groups excluding carboxylic acids is 1. The minimum absolute atomic E-state index is 0.350. The third kappa shape index (κ3) is 4.60. The molecule has 8 heteroatoms. The van der Waals surface area contributed by atoms with E-state index in [1.54, 1.807) is 42.5 Å². The van der Waals surface area contributed by atoms with Gasteiger partial charge in [0.05, 0.1) is 11.9 Å². The Kier molecular flexibility index (Phi) is 5.19. The number of benzene rings is 2. The predicted octanol–water partition coefficient (Wildman–Crippen LogP) is 3.64. The van der Waals surface area contributed by atoms with Crippen LogP contribution in [0.15, 0.2) is 42.5 Å². The van der Waals surface area contributed by atoms with Crippen molar-refractivity contribution in [1.82, 2.24) is 0 Å². The molecule has 0 atom stereocenters. The maximum Gasteiger partial charge on any atom is 0.255 e. The first kappa shape index (κ1) is 17.6. The van der Waals surface area contributed by atoms with Crippen molar-refractivity contribution in [2.24, 2.45) is 0 Å². The molecule has 1 amide bonds. The first-order valence-corrected chi connectivity index (χ1v) is 9.08. The monoisotopic (exact) mass is 372 g/mol. The smallest absolute Gasteiger partial charge is 0.255 e. The van der Waals surface area contributed by atoms with Crippen LogP contribution in [-0.4, -0.2) is 27.6 Å². The zero-order chi connectivity index (χ0) is 17.2. The van der Waals surface area contributed by atoms with Crippen molar-refractivity contribution in [2.75, 3.05) is 22.9 Å². The average molecular weight is 373 g/mol. The molecule has 0 aliphatic carbocycles. The van der Waals surface area contributed by atoms with Gasteiger partial charge in [0.1, 0.15) is 0 Å². The molecular formula is C15H14Cl2N2O3S. The van der Waals surface area contributed by atoms with Crippen molar-refractivity contribution >= 4 is 50.5 Å². The summed E-state index contributed by atoms with van der Waals surface area (Å²) in [5, 5.41) is 3.51. The van der Waals surface area contributed by atoms with Crippen LogP contribution in [0.5, 0.6) is 0 Å². The molecule has 2 aromatic carbocycles. The molecule has 0 saturated carbocycles. The molecule has 2 rings (SSSR count). The summed E-state index contributed by atoms with van der Waals surface area (Å²) < 4.78 is 24.1. The minimum atomic E-state index is -3.34. The molecule has 0 aliphatic rings. The van der Waals surface area contributed by atoms with E-state index >= 15 is 0 Å². The summed E-state index contributed by atoms with van der Waals surface area (Å²) in [7, 11) is -1.90. The van der Waals surface area contributed by atoms with Crippen LogP contribution in [0.4, 0.5) is 11.4 Å². The lowest BCUT2D eigenvalue weighted by atomic mass is 10.2. The second-order valence-corrected chi connectivity index (χ2v) is 7.78. The number of carbonyl (C=O) groups is 1. The van der Waals surface area contributed by atoms with Gasteiger partial charge >= 0.3 is 0 Å². The number of hydrogen-bond donors (Lipinski definition) is 1. The number of hydrogen-bond acceptors (Lipinski definition) is 3. The number of rotatable bonds is 4. The van der Waals surface area contributed by atoms with Crippen molar-refractivity contribution in [1.29, 1.82) is 0 Å². The lowest BCUT2D eigenvalue weighted by Gasteiger charge is -2.16. The lowest BCUT2D eigenvalue weighted by Crippen LogP contribution is -2.24. The van der Waals surface area contributed by atoms with Crippen LogP contribution in [0.1, 0.15) is 10.4 Å². The zero-order valence-electron chi connectivity index (χ0n) is 12.4. The quantitative estimate of drug-likeness (QED) is 0.890. The lowest BCUT2D eigenvalue weighted by molar-refractivity contribution is 0.102. The Morgan fingerprint density at radius 2 is 1.57 bits per heavy atom. The summed E-state index contributed by atoms with van der Waals surface area (Å²) in [6.07, 6.45) is 1.11. The molecule has 2 aromatic rings. The van der Waals surface area contributed by atoms with E-state index in [1.165, 1.54) is 7.05 Å². The van der Waals surface area contributed by atoms with Crippen LogP contribution in [0.25, 0.3) is 0 Å². The molecule has 0 spiro atoms. The Hall–Kier alpha value is -1.76. The summed E-state index contributed by atoms with van der Waals surface area (Å²) in [6.45, 7) is 0. The van der Waals surface area contributed by atoms with Crippen LogP contribution in [-0.2, 0) is 10.0 Å². The van der Waals surface area contributed by atoms with E-state index in [0.29, 0.717) is 27.0 Å². The summed E-state index contributed by atoms with van der Waals surface area (Å²) in [5.74, 6) is -0.350. The largest absolute Gasteiger partial charge is 0.322 e. The van der Waals surface area contributed by atoms with Crippen molar-refractivity contribution in [3.8, 4) is 0 Å². The second-order valence-electron chi connectivity index (χ2n) is 4.89. The number of sulfonamides is 1. The molecule has 0 heterocycles. The highest BCUT2D eigenvalue weighted by Crippen LogP contribution is 2.23. The van der Waals surface area contributed by atoms with Crippen molar-refractivity contribution in [3.63, 3.8) is 0 Å². The topological polar surface area (TPSA) is 66.5 Å². The predicted molar refractivity (Wildman–Crippen MR) is 94.1 cm³/mol. The number of amides is 1. The van der Waals surface area contributed by atoms with Gasteiger partial charge in [-0.1, -0.05) is 23.2 Å². The molecular weight excluding hydrogens is 359 g/mol. The van der Waals surface area contributed by atoms with E-state index < -0.39 is 10.0 Å². The van der Waals surface area contributed by atoms with Gasteiger partial charge in [-0.25, -0.2) is 8.42 Å². The third-order valence-corrected chi connectivity index (χ3v) is 4.75. The van der Waals surface area contributed by atoms with Gasteiger partial charge in [0.15, 0.2) is 0 Å². The van der Waals surface area contributed by atoms with E-state index in [4.69, 9.17) is 23.2 Å². The van der Waals surface area contributed by atoms with Crippen molar-refractivity contribution in [2.45, 2.75) is 0 Å². The minimum Gasteiger partial charge on any atom is -0.322 e. The molecule has 0 aliphatic heterocycles. The van der Waals surface area contributed by atoms with Gasteiger partial charge in [-0.05, 0) is 42.5 Å². The highest BCUT2D eigenvalue weighted by atomic mass is 35.5. The van der Waals surface area contributed by atoms with Crippen LogP contribution < -0.4 is 9.62 Å². The number of nitrogens with one attached hydrogen (secondary N) is 1. The van der Waals surface area contributed by atoms with E-state index in [0.717, 1.165) is 10.6 Å². The fourth-order valence-corrected chi connectivity index (χ4v) is 2.87. The molecule has 5 nitrogen and oxygen atoms in total. The number of nitrogens with zero attached hydrogens (tertiary/aromatic N) is 1. The van der Waals surface area contributed by atoms with Gasteiger partial charge in [0, 0.05) is 28.3 Å². The molecule has 0 fully saturated rings. The molecule has 0 radical (unpaired) electrons. The first-order valence-electron chi connectivity index (χ1n) is 6.48. The Morgan fingerprint density at radius 3 is 2.04 bits per heavy atom.